The smallest absolute Gasteiger partial charge is 0.408 e. The first kappa shape index (κ1) is 22.5. The summed E-state index contributed by atoms with van der Waals surface area (Å²) in [6.07, 6.45) is -0.435. The van der Waals surface area contributed by atoms with E-state index in [1.165, 1.54) is 7.11 Å². The van der Waals surface area contributed by atoms with E-state index in [2.05, 4.69) is 10.6 Å². The van der Waals surface area contributed by atoms with E-state index in [0.717, 1.165) is 5.56 Å². The first-order valence-corrected chi connectivity index (χ1v) is 8.95. The Kier molecular flexibility index (Phi) is 8.28. The molecular formula is C20H30N2O5. The van der Waals surface area contributed by atoms with E-state index in [0.29, 0.717) is 0 Å². The number of rotatable bonds is 7. The molecule has 2 amide bonds. The van der Waals surface area contributed by atoms with Gasteiger partial charge in [0.2, 0.25) is 5.91 Å². The van der Waals surface area contributed by atoms with E-state index < -0.39 is 35.7 Å². The molecule has 0 fully saturated rings. The Morgan fingerprint density at radius 2 is 1.63 bits per heavy atom. The molecule has 1 aromatic carbocycles. The van der Waals surface area contributed by atoms with Gasteiger partial charge in [-0.15, -0.1) is 0 Å². The van der Waals surface area contributed by atoms with Crippen LogP contribution in [0.5, 0.6) is 0 Å². The maximum Gasteiger partial charge on any atom is 0.408 e. The summed E-state index contributed by atoms with van der Waals surface area (Å²) in [5.74, 6) is -1.18. The summed E-state index contributed by atoms with van der Waals surface area (Å²) in [4.78, 5) is 36.9. The Morgan fingerprint density at radius 1 is 1.04 bits per heavy atom. The van der Waals surface area contributed by atoms with Crippen LogP contribution < -0.4 is 10.6 Å². The number of hydrogen-bond donors (Lipinski definition) is 2. The normalized spacial score (nSPS) is 13.4. The Balaban J connectivity index is 2.95. The quantitative estimate of drug-likeness (QED) is 0.711. The molecule has 0 radical (unpaired) electrons. The topological polar surface area (TPSA) is 93.7 Å². The maximum absolute atomic E-state index is 12.8. The minimum atomic E-state index is -0.895. The second-order valence-corrected chi connectivity index (χ2v) is 7.64. The standard InChI is InChI=1S/C20H30N2O5/c1-13(2)16(18(24)26-6)22-17(23)15(12-14-10-8-7-9-11-14)21-19(25)27-20(3,4)5/h7-11,13,15-16H,12H2,1-6H3,(H,21,25)(H,22,23). The predicted octanol–water partition coefficient (Wildman–Crippen LogP) is 2.44. The van der Waals surface area contributed by atoms with Crippen LogP contribution in [-0.4, -0.2) is 42.8 Å². The van der Waals surface area contributed by atoms with Crippen molar-refractivity contribution >= 4 is 18.0 Å². The number of ether oxygens (including phenoxy) is 2. The van der Waals surface area contributed by atoms with Gasteiger partial charge in [0.15, 0.2) is 0 Å². The fourth-order valence-corrected chi connectivity index (χ4v) is 2.39. The number of hydrogen-bond acceptors (Lipinski definition) is 5. The number of alkyl carbamates (subject to hydrolysis) is 1. The van der Waals surface area contributed by atoms with E-state index in [9.17, 15) is 14.4 Å². The Morgan fingerprint density at radius 3 is 2.11 bits per heavy atom. The van der Waals surface area contributed by atoms with Crippen molar-refractivity contribution < 1.29 is 23.9 Å². The third-order valence-electron chi connectivity index (χ3n) is 3.71. The molecule has 0 aromatic heterocycles. The lowest BCUT2D eigenvalue weighted by molar-refractivity contribution is -0.146. The zero-order valence-corrected chi connectivity index (χ0v) is 16.9. The van der Waals surface area contributed by atoms with Crippen LogP contribution >= 0.6 is 0 Å². The highest BCUT2D eigenvalue weighted by Gasteiger charge is 2.30. The second-order valence-electron chi connectivity index (χ2n) is 7.64. The van der Waals surface area contributed by atoms with Gasteiger partial charge in [-0.05, 0) is 32.3 Å². The molecule has 0 aliphatic heterocycles. The molecular weight excluding hydrogens is 348 g/mol. The van der Waals surface area contributed by atoms with Crippen LogP contribution in [0.3, 0.4) is 0 Å². The van der Waals surface area contributed by atoms with Gasteiger partial charge < -0.3 is 20.1 Å². The van der Waals surface area contributed by atoms with Crippen LogP contribution in [0, 0.1) is 5.92 Å². The molecule has 0 spiro atoms. The highest BCUT2D eigenvalue weighted by Crippen LogP contribution is 2.10. The summed E-state index contributed by atoms with van der Waals surface area (Å²) < 4.78 is 10.0. The summed E-state index contributed by atoms with van der Waals surface area (Å²) in [5, 5.41) is 5.27. The summed E-state index contributed by atoms with van der Waals surface area (Å²) in [6.45, 7) is 8.82. The molecule has 0 bridgehead atoms. The molecule has 1 rings (SSSR count). The van der Waals surface area contributed by atoms with Gasteiger partial charge in [-0.25, -0.2) is 9.59 Å². The van der Waals surface area contributed by atoms with Crippen molar-refractivity contribution in [1.82, 2.24) is 10.6 Å². The van der Waals surface area contributed by atoms with Crippen molar-refractivity contribution in [3.8, 4) is 0 Å². The Bertz CT molecular complexity index is 638. The highest BCUT2D eigenvalue weighted by atomic mass is 16.6. The Labute approximate surface area is 160 Å². The number of esters is 1. The second kappa shape index (κ2) is 9.94. The zero-order chi connectivity index (χ0) is 20.6. The molecule has 2 unspecified atom stereocenters. The van der Waals surface area contributed by atoms with Crippen molar-refractivity contribution in [2.75, 3.05) is 7.11 Å². The van der Waals surface area contributed by atoms with Crippen molar-refractivity contribution in [1.29, 1.82) is 0 Å². The highest BCUT2D eigenvalue weighted by molar-refractivity contribution is 5.90. The van der Waals surface area contributed by atoms with E-state index in [4.69, 9.17) is 9.47 Å². The van der Waals surface area contributed by atoms with Crippen molar-refractivity contribution in [2.24, 2.45) is 5.92 Å². The van der Waals surface area contributed by atoms with E-state index in [1.807, 2.05) is 30.3 Å². The van der Waals surface area contributed by atoms with Gasteiger partial charge in [0.1, 0.15) is 17.7 Å². The number of benzene rings is 1. The van der Waals surface area contributed by atoms with Gasteiger partial charge in [0.25, 0.3) is 0 Å². The van der Waals surface area contributed by atoms with Crippen LogP contribution in [0.4, 0.5) is 4.79 Å². The van der Waals surface area contributed by atoms with Crippen molar-refractivity contribution in [3.63, 3.8) is 0 Å². The largest absolute Gasteiger partial charge is 0.467 e. The number of carbonyl (C=O) groups excluding carboxylic acids is 3. The van der Waals surface area contributed by atoms with E-state index >= 15 is 0 Å². The van der Waals surface area contributed by atoms with Gasteiger partial charge >= 0.3 is 12.1 Å². The Hall–Kier alpha value is -2.57. The third kappa shape index (κ3) is 8.11. The lowest BCUT2D eigenvalue weighted by Gasteiger charge is -2.26. The molecule has 7 nitrogen and oxygen atoms in total. The first-order chi connectivity index (χ1) is 12.5. The number of methoxy groups -OCH3 is 1. The molecule has 0 heterocycles. The van der Waals surface area contributed by atoms with Crippen molar-refractivity contribution in [3.05, 3.63) is 35.9 Å². The van der Waals surface area contributed by atoms with Crippen LogP contribution in [0.1, 0.15) is 40.2 Å². The molecule has 2 atom stereocenters. The third-order valence-corrected chi connectivity index (χ3v) is 3.71. The summed E-state index contributed by atoms with van der Waals surface area (Å²) in [7, 11) is 1.27. The molecule has 0 saturated carbocycles. The monoisotopic (exact) mass is 378 g/mol. The SMILES string of the molecule is COC(=O)C(NC(=O)C(Cc1ccccc1)NC(=O)OC(C)(C)C)C(C)C. The molecule has 2 N–H and O–H groups in total. The summed E-state index contributed by atoms with van der Waals surface area (Å²) in [5.41, 5.74) is 0.178. The maximum atomic E-state index is 12.8. The van der Waals surface area contributed by atoms with Crippen molar-refractivity contribution in [2.45, 2.75) is 58.7 Å². The van der Waals surface area contributed by atoms with E-state index in [-0.39, 0.29) is 12.3 Å². The van der Waals surface area contributed by atoms with Gasteiger partial charge in [0.05, 0.1) is 7.11 Å². The average molecular weight is 378 g/mol. The predicted molar refractivity (Wildman–Crippen MR) is 102 cm³/mol. The van der Waals surface area contributed by atoms with Gasteiger partial charge in [-0.3, -0.25) is 4.79 Å². The molecule has 150 valence electrons. The first-order valence-electron chi connectivity index (χ1n) is 8.95. The lowest BCUT2D eigenvalue weighted by Crippen LogP contribution is -2.54. The van der Waals surface area contributed by atoms with Crippen LogP contribution in [0.25, 0.3) is 0 Å². The molecule has 0 saturated heterocycles. The van der Waals surface area contributed by atoms with Crippen LogP contribution in [0.2, 0.25) is 0 Å². The number of carbonyl (C=O) groups is 3. The van der Waals surface area contributed by atoms with Crippen LogP contribution in [0.15, 0.2) is 30.3 Å². The molecule has 0 aliphatic carbocycles. The fourth-order valence-electron chi connectivity index (χ4n) is 2.39. The molecule has 1 aromatic rings. The number of nitrogens with one attached hydrogen (secondary N) is 2. The minimum Gasteiger partial charge on any atom is -0.467 e. The van der Waals surface area contributed by atoms with E-state index in [1.54, 1.807) is 34.6 Å². The average Bonchev–Trinajstić information content (AvgIpc) is 2.57. The summed E-state index contributed by atoms with van der Waals surface area (Å²) in [6, 6.07) is 7.58. The van der Waals surface area contributed by atoms with Gasteiger partial charge in [0, 0.05) is 6.42 Å². The molecule has 27 heavy (non-hydrogen) atoms. The van der Waals surface area contributed by atoms with Gasteiger partial charge in [-0.1, -0.05) is 44.2 Å². The fraction of sp³-hybridized carbons (Fsp3) is 0.550. The summed E-state index contributed by atoms with van der Waals surface area (Å²) >= 11 is 0. The molecule has 0 aliphatic rings. The molecule has 7 heteroatoms. The number of amides is 2. The zero-order valence-electron chi connectivity index (χ0n) is 16.9. The van der Waals surface area contributed by atoms with Crippen LogP contribution in [-0.2, 0) is 25.5 Å². The minimum absolute atomic E-state index is 0.166. The lowest BCUT2D eigenvalue weighted by atomic mass is 10.0. The van der Waals surface area contributed by atoms with Gasteiger partial charge in [-0.2, -0.15) is 0 Å².